The molecule has 0 radical (unpaired) electrons. The summed E-state index contributed by atoms with van der Waals surface area (Å²) in [4.78, 5) is 11.1. The maximum absolute atomic E-state index is 11.1. The van der Waals surface area contributed by atoms with Crippen molar-refractivity contribution in [1.29, 1.82) is 0 Å². The number of carbonyl (C=O) groups is 1. The monoisotopic (exact) mass is 516 g/mol. The van der Waals surface area contributed by atoms with Crippen LogP contribution < -0.4 is 14.2 Å². The first-order chi connectivity index (χ1) is 18.2. The zero-order chi connectivity index (χ0) is 26.7. The van der Waals surface area contributed by atoms with Gasteiger partial charge in [0.15, 0.2) is 11.5 Å². The normalized spacial score (nSPS) is 26.1. The van der Waals surface area contributed by atoms with Gasteiger partial charge in [-0.15, -0.1) is 0 Å². The molecule has 6 nitrogen and oxygen atoms in total. The molecule has 1 N–H and O–H groups in total. The Hall–Kier alpha value is -3.41. The number of aromatic hydroxyl groups is 1. The molecule has 1 fully saturated rings. The Morgan fingerprint density at radius 1 is 1.08 bits per heavy atom. The minimum Gasteiger partial charge on any atom is -0.508 e. The number of ether oxygens (including phenoxy) is 4. The molecular formula is C32H36O6. The lowest BCUT2D eigenvalue weighted by atomic mass is 9.62. The molecule has 0 spiro atoms. The quantitative estimate of drug-likeness (QED) is 0.377. The standard InChI is InChI=1S/C32H36O6/c1-31(2)12-11-23-25(34)14-19(15-27(23)38-31)7-8-20-16-21-17-24-26(9-10-28(36-18-33)32(24,3)4)37-29(21)30-22(20)6-5-13-35-30/h5-8,14-16,18,24,26,28,34H,9-13,17H2,1-4H3/b8-7+/t24?,26?,28-/m1/s1. The predicted octanol–water partition coefficient (Wildman–Crippen LogP) is 6.35. The molecule has 0 saturated heterocycles. The van der Waals surface area contributed by atoms with Crippen LogP contribution in [0.4, 0.5) is 0 Å². The summed E-state index contributed by atoms with van der Waals surface area (Å²) in [5, 5.41) is 10.7. The van der Waals surface area contributed by atoms with Gasteiger partial charge in [0.2, 0.25) is 0 Å². The van der Waals surface area contributed by atoms with E-state index in [0.29, 0.717) is 13.1 Å². The van der Waals surface area contributed by atoms with E-state index in [4.69, 9.17) is 18.9 Å². The molecule has 3 heterocycles. The van der Waals surface area contributed by atoms with Crippen molar-refractivity contribution in [3.8, 4) is 23.0 Å². The molecular weight excluding hydrogens is 480 g/mol. The van der Waals surface area contributed by atoms with Gasteiger partial charge in [-0.1, -0.05) is 32.1 Å². The predicted molar refractivity (Wildman–Crippen MR) is 147 cm³/mol. The van der Waals surface area contributed by atoms with Crippen LogP contribution >= 0.6 is 0 Å². The van der Waals surface area contributed by atoms with E-state index in [1.54, 1.807) is 6.07 Å². The van der Waals surface area contributed by atoms with Crippen LogP contribution in [-0.4, -0.2) is 36.0 Å². The average Bonchev–Trinajstić information content (AvgIpc) is 2.87. The Morgan fingerprint density at radius 3 is 2.74 bits per heavy atom. The van der Waals surface area contributed by atoms with Crippen LogP contribution in [0.3, 0.4) is 0 Å². The second-order valence-electron chi connectivity index (χ2n) is 12.2. The zero-order valence-corrected chi connectivity index (χ0v) is 22.6. The van der Waals surface area contributed by atoms with Crippen molar-refractivity contribution < 1.29 is 28.8 Å². The van der Waals surface area contributed by atoms with E-state index in [-0.39, 0.29) is 34.9 Å². The Labute approximate surface area is 224 Å². The highest BCUT2D eigenvalue weighted by atomic mass is 16.5. The van der Waals surface area contributed by atoms with Crippen molar-refractivity contribution in [3.63, 3.8) is 0 Å². The molecule has 1 aliphatic carbocycles. The third-order valence-electron chi connectivity index (χ3n) is 8.89. The SMILES string of the molecule is CC1(C)CCc2c(O)cc(/C=C/c3cc4c(c5c3C=CCO5)OC3CC[C@@H](OC=O)C(C)(C)C3C4)cc2O1. The Morgan fingerprint density at radius 2 is 1.92 bits per heavy atom. The fourth-order valence-corrected chi connectivity index (χ4v) is 6.65. The van der Waals surface area contributed by atoms with E-state index >= 15 is 0 Å². The first-order valence-electron chi connectivity index (χ1n) is 13.6. The summed E-state index contributed by atoms with van der Waals surface area (Å²) in [6, 6.07) is 6.01. The second-order valence-corrected chi connectivity index (χ2v) is 12.2. The van der Waals surface area contributed by atoms with Crippen LogP contribution in [0.5, 0.6) is 23.0 Å². The maximum Gasteiger partial charge on any atom is 0.293 e. The third-order valence-corrected chi connectivity index (χ3v) is 8.89. The van der Waals surface area contributed by atoms with Gasteiger partial charge in [-0.3, -0.25) is 4.79 Å². The molecule has 2 unspecified atom stereocenters. The van der Waals surface area contributed by atoms with Gasteiger partial charge >= 0.3 is 0 Å². The summed E-state index contributed by atoms with van der Waals surface area (Å²) in [6.07, 6.45) is 12.3. The van der Waals surface area contributed by atoms with Crippen molar-refractivity contribution in [2.75, 3.05) is 6.61 Å². The average molecular weight is 517 g/mol. The minimum absolute atomic E-state index is 0.0618. The fourth-order valence-electron chi connectivity index (χ4n) is 6.65. The maximum atomic E-state index is 11.1. The van der Waals surface area contributed by atoms with Crippen molar-refractivity contribution >= 4 is 24.7 Å². The topological polar surface area (TPSA) is 74.2 Å². The van der Waals surface area contributed by atoms with Crippen LogP contribution in [0, 0.1) is 11.3 Å². The van der Waals surface area contributed by atoms with E-state index in [0.717, 1.165) is 77.2 Å². The largest absolute Gasteiger partial charge is 0.508 e. The highest BCUT2D eigenvalue weighted by Gasteiger charge is 2.50. The smallest absolute Gasteiger partial charge is 0.293 e. The highest BCUT2D eigenvalue weighted by molar-refractivity contribution is 5.81. The van der Waals surface area contributed by atoms with Gasteiger partial charge in [0.05, 0.1) is 0 Å². The molecule has 6 heteroatoms. The van der Waals surface area contributed by atoms with Crippen LogP contribution in [0.15, 0.2) is 24.3 Å². The number of hydrogen-bond acceptors (Lipinski definition) is 6. The molecule has 1 saturated carbocycles. The lowest BCUT2D eigenvalue weighted by Crippen LogP contribution is -2.52. The van der Waals surface area contributed by atoms with Crippen LogP contribution in [-0.2, 0) is 22.4 Å². The summed E-state index contributed by atoms with van der Waals surface area (Å²) < 4.78 is 24.4. The van der Waals surface area contributed by atoms with E-state index in [9.17, 15) is 9.90 Å². The van der Waals surface area contributed by atoms with Crippen molar-refractivity contribution in [2.24, 2.45) is 11.3 Å². The van der Waals surface area contributed by atoms with Gasteiger partial charge in [0.25, 0.3) is 6.47 Å². The number of phenols is 1. The number of fused-ring (bicyclic) bond motifs is 5. The van der Waals surface area contributed by atoms with E-state index < -0.39 is 0 Å². The number of phenolic OH excluding ortho intramolecular Hbond substituents is 1. The minimum atomic E-state index is -0.248. The number of rotatable bonds is 4. The van der Waals surface area contributed by atoms with Gasteiger partial charge in [-0.2, -0.15) is 0 Å². The van der Waals surface area contributed by atoms with Crippen LogP contribution in [0.1, 0.15) is 74.8 Å². The molecule has 200 valence electrons. The molecule has 0 bridgehead atoms. The third kappa shape index (κ3) is 4.24. The lowest BCUT2D eigenvalue weighted by molar-refractivity contribution is -0.153. The Balaban J connectivity index is 1.36. The summed E-state index contributed by atoms with van der Waals surface area (Å²) >= 11 is 0. The van der Waals surface area contributed by atoms with Gasteiger partial charge in [-0.05, 0) is 86.9 Å². The second kappa shape index (κ2) is 9.11. The number of carbonyl (C=O) groups excluding carboxylic acids is 1. The molecule has 3 aliphatic heterocycles. The summed E-state index contributed by atoms with van der Waals surface area (Å²) in [5.74, 6) is 2.89. The molecule has 6 rings (SSSR count). The van der Waals surface area contributed by atoms with Crippen LogP contribution in [0.2, 0.25) is 0 Å². The fraction of sp³-hybridized carbons (Fsp3) is 0.469. The van der Waals surface area contributed by atoms with Gasteiger partial charge in [-0.25, -0.2) is 0 Å². The zero-order valence-electron chi connectivity index (χ0n) is 22.6. The number of benzene rings is 2. The Kier molecular flexibility index (Phi) is 5.97. The molecule has 3 atom stereocenters. The highest BCUT2D eigenvalue weighted by Crippen LogP contribution is 2.52. The summed E-state index contributed by atoms with van der Waals surface area (Å²) in [6.45, 7) is 9.60. The summed E-state index contributed by atoms with van der Waals surface area (Å²) in [7, 11) is 0. The van der Waals surface area contributed by atoms with Gasteiger partial charge in [0.1, 0.15) is 35.9 Å². The van der Waals surface area contributed by atoms with Gasteiger partial charge < -0.3 is 24.1 Å². The summed E-state index contributed by atoms with van der Waals surface area (Å²) in [5.41, 5.74) is 4.45. The molecule has 2 aromatic rings. The molecule has 2 aromatic carbocycles. The van der Waals surface area contributed by atoms with Crippen molar-refractivity contribution in [2.45, 2.75) is 77.6 Å². The van der Waals surface area contributed by atoms with Crippen molar-refractivity contribution in [1.82, 2.24) is 0 Å². The van der Waals surface area contributed by atoms with E-state index in [2.05, 4.69) is 45.9 Å². The first-order valence-corrected chi connectivity index (χ1v) is 13.6. The van der Waals surface area contributed by atoms with Crippen LogP contribution in [0.25, 0.3) is 18.2 Å². The van der Waals surface area contributed by atoms with E-state index in [1.807, 2.05) is 18.2 Å². The molecule has 0 amide bonds. The first kappa shape index (κ1) is 24.9. The molecule has 0 aromatic heterocycles. The molecule has 38 heavy (non-hydrogen) atoms. The lowest BCUT2D eigenvalue weighted by Gasteiger charge is -2.50. The van der Waals surface area contributed by atoms with Crippen molar-refractivity contribution in [3.05, 3.63) is 52.1 Å². The number of hydrogen-bond donors (Lipinski definition) is 1. The van der Waals surface area contributed by atoms with Gasteiger partial charge in [0, 0.05) is 22.5 Å². The van der Waals surface area contributed by atoms with E-state index in [1.165, 1.54) is 0 Å². The Bertz CT molecular complexity index is 1330. The molecule has 4 aliphatic rings.